The lowest BCUT2D eigenvalue weighted by molar-refractivity contribution is -0.146. The summed E-state index contributed by atoms with van der Waals surface area (Å²) in [6, 6.07) is 43.3. The van der Waals surface area contributed by atoms with Crippen LogP contribution >= 0.6 is 0 Å². The van der Waals surface area contributed by atoms with E-state index in [2.05, 4.69) is 230 Å². The molecule has 44 nitrogen and oxygen atoms in total. The number of ether oxygens (including phenoxy) is 3. The Morgan fingerprint density at radius 1 is 0.387 bits per heavy atom. The maximum Gasteiger partial charge on any atom is 0.338 e. The standard InChI is InChI=1S/C22H21N9O2.C20H22N4O4.C19H19N5O3.C17H15N5O3.C14H13N3O2.C6H11NO3/c32-20(31-6-5-17-18(12-31)27-30-26-17)9-19-28-29-21(33-19)15-10-23-22(24-11-15)25-16-7-13-3-1-2-4-14(13)8-16;1-2-28-18(26)9-17(25)12-21-19(27)15-10-22-20(23-11-15)24-16-7-13-5-3-4-6-14(13)8-16;1-2-26-17(25)9-16-23-24-18(27-16)14-10-20-19(21-11-14)22-15-7-12-5-3-4-6-13(12)8-15;23-15(24)7-14-21-22-16(25-14)12-8-18-17(19-9-12)20-13-5-10-3-1-2-4-11(10)6-13;18-13(19)11-7-15-14(16-8-11)17-12-5-9-3-1-2-4-10(9)6-12;1-2-10-6(9)3-5(8)4-7/h1-4,10-11,16H,5-9,12H2,(H,23,24,25)(H,26,27,30);3-6,10-11,16H,2,7-9,12H2,1H3,(H,21,27)(H,22,23,24);3-6,10-11,15H,2,7-9H2,1H3,(H,20,21,22);1-4,8-9,13H,5-7H2,(H,23,24)(H,18,19,20);1-4,7-8,12H,5-6H2,(H,18,19)(H,15,16,17);2-4,7H2,1H3. The van der Waals surface area contributed by atoms with Crippen molar-refractivity contribution in [2.45, 2.75) is 160 Å². The van der Waals surface area contributed by atoms with Gasteiger partial charge in [0.1, 0.15) is 37.8 Å². The maximum absolute atomic E-state index is 12.6. The number of carboxylic acids is 2. The quantitative estimate of drug-likeness (QED) is 0.0112. The number of nitrogens with two attached hydrogens (primary N) is 1. The van der Waals surface area contributed by atoms with Gasteiger partial charge in [-0.1, -0.05) is 121 Å². The van der Waals surface area contributed by atoms with E-state index in [0.717, 1.165) is 75.6 Å². The number of rotatable bonds is 31. The smallest absolute Gasteiger partial charge is 0.338 e. The molecule has 9 aromatic heterocycles. The molecule has 6 aliphatic rings. The number of aromatic amines is 1. The van der Waals surface area contributed by atoms with Crippen LogP contribution in [-0.4, -0.2) is 234 Å². The highest BCUT2D eigenvalue weighted by molar-refractivity contribution is 6.01. The van der Waals surface area contributed by atoms with E-state index in [0.29, 0.717) is 79.2 Å². The molecule has 0 spiro atoms. The summed E-state index contributed by atoms with van der Waals surface area (Å²) < 4.78 is 30.5. The van der Waals surface area contributed by atoms with Crippen molar-refractivity contribution in [1.29, 1.82) is 0 Å². The lowest BCUT2D eigenvalue weighted by atomic mass is 10.1. The zero-order chi connectivity index (χ0) is 99.2. The summed E-state index contributed by atoms with van der Waals surface area (Å²) in [6.45, 7) is 6.59. The molecule has 142 heavy (non-hydrogen) atoms. The summed E-state index contributed by atoms with van der Waals surface area (Å²) in [5.74, 6) is -0.977. The van der Waals surface area contributed by atoms with E-state index in [4.69, 9.17) is 38.7 Å². The Bertz CT molecular complexity index is 6580. The lowest BCUT2D eigenvalue weighted by Gasteiger charge is -2.24. The van der Waals surface area contributed by atoms with Gasteiger partial charge in [-0.05, 0) is 141 Å². The minimum atomic E-state index is -1.02. The molecule has 1 aliphatic heterocycles. The van der Waals surface area contributed by atoms with Gasteiger partial charge in [-0.3, -0.25) is 38.4 Å². The number of aromatic carboxylic acids is 1. The molecule has 0 bridgehead atoms. The molecule has 2 amide bonds. The summed E-state index contributed by atoms with van der Waals surface area (Å²) >= 11 is 0. The Balaban J connectivity index is 0.000000132. The number of carboxylic acid groups (broad SMARTS) is 2. The number of ketones is 2. The van der Waals surface area contributed by atoms with Gasteiger partial charge >= 0.3 is 29.8 Å². The van der Waals surface area contributed by atoms with E-state index in [1.807, 2.05) is 24.3 Å². The molecule has 0 unspecified atom stereocenters. The number of anilines is 5. The summed E-state index contributed by atoms with van der Waals surface area (Å²) in [7, 11) is 0. The van der Waals surface area contributed by atoms with E-state index in [1.165, 1.54) is 80.4 Å². The number of fused-ring (bicyclic) bond motifs is 6. The van der Waals surface area contributed by atoms with Crippen molar-refractivity contribution >= 4 is 83.0 Å². The van der Waals surface area contributed by atoms with E-state index < -0.39 is 41.5 Å². The van der Waals surface area contributed by atoms with Crippen LogP contribution in [0.4, 0.5) is 29.7 Å². The van der Waals surface area contributed by atoms with Crippen LogP contribution in [0.25, 0.3) is 34.4 Å². The SMILES string of the molecule is CCOC(=O)CC(=O)CN.CCOC(=O)CC(=O)CNC(=O)c1cnc(NC2Cc3ccccc3C2)nc1.CCOC(=O)Cc1nnc(-c2cnc(NC3Cc4ccccc4C3)nc2)o1.O=C(Cc1nnc(-c2cnc(NC3Cc4ccccc4C3)nc2)o1)N1CCc2n[nH]nc2C1.O=C(O)Cc1nnc(-c2cnc(NC3Cc4ccccc4C3)nc2)o1.O=C(O)c1cnc(NC2Cc3ccccc3C2)nc1. The molecule has 0 atom stereocenters. The van der Waals surface area contributed by atoms with Crippen molar-refractivity contribution in [2.24, 2.45) is 5.73 Å². The van der Waals surface area contributed by atoms with Gasteiger partial charge in [-0.15, -0.1) is 30.6 Å². The van der Waals surface area contributed by atoms with Crippen LogP contribution in [0.2, 0.25) is 0 Å². The largest absolute Gasteiger partial charge is 0.481 e. The Morgan fingerprint density at radius 3 is 1.01 bits per heavy atom. The topological polar surface area (TPSA) is 610 Å². The first-order chi connectivity index (χ1) is 69.1. The number of aliphatic carboxylic acids is 1. The van der Waals surface area contributed by atoms with Gasteiger partial charge in [0, 0.05) is 105 Å². The van der Waals surface area contributed by atoms with E-state index in [-0.39, 0.29) is 140 Å². The fourth-order valence-corrected chi connectivity index (χ4v) is 16.3. The van der Waals surface area contributed by atoms with Crippen molar-refractivity contribution in [3.05, 3.63) is 279 Å². The number of Topliss-reactive ketones (excluding diaryl/α,β-unsaturated/α-hetero) is 2. The Kier molecular flexibility index (Phi) is 33.9. The molecular formula is C98H101N27O17. The highest BCUT2D eigenvalue weighted by Gasteiger charge is 2.31. The van der Waals surface area contributed by atoms with Crippen LogP contribution in [0.15, 0.2) is 197 Å². The maximum atomic E-state index is 12.6. The van der Waals surface area contributed by atoms with E-state index in [1.54, 1.807) is 62.9 Å². The zero-order valence-electron chi connectivity index (χ0n) is 77.6. The lowest BCUT2D eigenvalue weighted by Crippen LogP contribution is -2.37. The molecule has 11 N–H and O–H groups in total. The first-order valence-corrected chi connectivity index (χ1v) is 45.9. The fraction of sp³-hybridized carbons (Fsp3) is 0.316. The van der Waals surface area contributed by atoms with Crippen LogP contribution in [0, 0.1) is 0 Å². The van der Waals surface area contributed by atoms with Crippen molar-refractivity contribution < 1.29 is 80.8 Å². The molecule has 0 radical (unpaired) electrons. The third-order valence-electron chi connectivity index (χ3n) is 23.0. The Morgan fingerprint density at radius 2 is 0.690 bits per heavy atom. The minimum Gasteiger partial charge on any atom is -0.481 e. The summed E-state index contributed by atoms with van der Waals surface area (Å²) in [5, 5.41) is 70.7. The number of H-pyrrole nitrogens is 1. The number of nitrogens with one attached hydrogen (secondary N) is 7. The number of benzene rings is 5. The number of carbonyl (C=O) groups excluding carboxylic acids is 7. The molecule has 20 rings (SSSR count). The van der Waals surface area contributed by atoms with Gasteiger partial charge in [-0.25, -0.2) is 54.6 Å². The van der Waals surface area contributed by atoms with E-state index >= 15 is 0 Å². The van der Waals surface area contributed by atoms with Crippen molar-refractivity contribution in [3.63, 3.8) is 0 Å². The predicted molar refractivity (Wildman–Crippen MR) is 508 cm³/mol. The summed E-state index contributed by atoms with van der Waals surface area (Å²) in [6.07, 6.45) is 24.4. The normalized spacial score (nSPS) is 13.6. The second-order valence-electron chi connectivity index (χ2n) is 33.3. The van der Waals surface area contributed by atoms with Crippen LogP contribution < -0.4 is 37.6 Å². The third-order valence-corrected chi connectivity index (χ3v) is 23.0. The second-order valence-corrected chi connectivity index (χ2v) is 33.3. The average Bonchev–Trinajstić information content (AvgIpc) is 1.70. The highest BCUT2D eigenvalue weighted by Crippen LogP contribution is 2.31. The monoisotopic (exact) mass is 1930 g/mol. The third kappa shape index (κ3) is 28.2. The number of nitrogens with zero attached hydrogens (tertiary/aromatic N) is 19. The molecular weight excluding hydrogens is 1830 g/mol. The first-order valence-electron chi connectivity index (χ1n) is 45.9. The average molecular weight is 1930 g/mol. The first kappa shape index (κ1) is 99.1. The molecule has 5 aliphatic carbocycles. The van der Waals surface area contributed by atoms with Crippen molar-refractivity contribution in [2.75, 3.05) is 66.0 Å². The van der Waals surface area contributed by atoms with Crippen molar-refractivity contribution in [3.8, 4) is 34.4 Å². The molecule has 0 saturated carbocycles. The number of hydrogen-bond acceptors (Lipinski definition) is 39. The second kappa shape index (κ2) is 48.6. The van der Waals surface area contributed by atoms with Crippen LogP contribution in [-0.2, 0) is 144 Å². The number of esters is 3. The Hall–Kier alpha value is -17.3. The molecule has 14 aromatic rings. The van der Waals surface area contributed by atoms with Gasteiger partial charge in [0.25, 0.3) is 23.6 Å². The number of aromatic nitrogens is 19. The van der Waals surface area contributed by atoms with Crippen LogP contribution in [0.3, 0.4) is 0 Å². The minimum absolute atomic E-state index is 0.0307. The molecule has 0 fully saturated rings. The predicted octanol–water partition coefficient (Wildman–Crippen LogP) is 7.83. The zero-order valence-corrected chi connectivity index (χ0v) is 77.6. The van der Waals surface area contributed by atoms with Gasteiger partial charge in [0.05, 0.1) is 73.0 Å². The van der Waals surface area contributed by atoms with Crippen LogP contribution in [0.1, 0.15) is 139 Å². The van der Waals surface area contributed by atoms with Crippen LogP contribution in [0.5, 0.6) is 0 Å². The molecule has 730 valence electrons. The number of carbonyl (C=O) groups is 9. The highest BCUT2D eigenvalue weighted by atomic mass is 16.5. The van der Waals surface area contributed by atoms with Gasteiger partial charge in [0.15, 0.2) is 11.6 Å². The molecule has 5 aromatic carbocycles. The summed E-state index contributed by atoms with van der Waals surface area (Å²) in [5.41, 5.74) is 22.3. The van der Waals surface area contributed by atoms with Gasteiger partial charge in [0.2, 0.25) is 53.3 Å². The molecule has 0 saturated heterocycles. The Labute approximate surface area is 811 Å². The fourth-order valence-electron chi connectivity index (χ4n) is 16.3. The van der Waals surface area contributed by atoms with E-state index in [9.17, 15) is 43.2 Å². The summed E-state index contributed by atoms with van der Waals surface area (Å²) in [4.78, 5) is 146. The van der Waals surface area contributed by atoms with Gasteiger partial charge in [-0.2, -0.15) is 15.4 Å². The number of amides is 2. The molecule has 44 heteroatoms. The van der Waals surface area contributed by atoms with Crippen molar-refractivity contribution in [1.82, 2.24) is 106 Å². The van der Waals surface area contributed by atoms with Gasteiger partial charge < -0.3 is 80.2 Å². The number of hydrogen-bond donors (Lipinski definition) is 10. The molecule has 10 heterocycles.